The van der Waals surface area contributed by atoms with Gasteiger partial charge >= 0.3 is 0 Å². The Morgan fingerprint density at radius 3 is 2.66 bits per heavy atom. The normalized spacial score (nSPS) is 13.9. The molecule has 0 bridgehead atoms. The van der Waals surface area contributed by atoms with Crippen LogP contribution in [-0.4, -0.2) is 39.6 Å². The number of hydrogen-bond acceptors (Lipinski definition) is 5. The van der Waals surface area contributed by atoms with Crippen molar-refractivity contribution in [3.63, 3.8) is 0 Å². The molecule has 0 saturated heterocycles. The van der Waals surface area contributed by atoms with Gasteiger partial charge in [-0.05, 0) is 64.8 Å². The number of thiophene rings is 1. The molecule has 3 N–H and O–H groups in total. The largest absolute Gasteiger partial charge is 0.365 e. The van der Waals surface area contributed by atoms with E-state index in [-0.39, 0.29) is 5.91 Å². The van der Waals surface area contributed by atoms with E-state index in [0.717, 1.165) is 52.3 Å². The van der Waals surface area contributed by atoms with Crippen molar-refractivity contribution in [3.8, 4) is 5.69 Å². The molecule has 0 unspecified atom stereocenters. The molecule has 2 heterocycles. The number of aromatic nitrogens is 2. The number of carbonyl (C=O) groups excluding carboxylic acids is 2. The fraction of sp³-hybridized carbons (Fsp3) is 0.375. The number of nitrogens with zero attached hydrogens (tertiary/aromatic N) is 3. The lowest BCUT2D eigenvalue weighted by molar-refractivity contribution is -0.120. The van der Waals surface area contributed by atoms with Gasteiger partial charge in [0.1, 0.15) is 5.00 Å². The van der Waals surface area contributed by atoms with E-state index >= 15 is 0 Å². The third-order valence-corrected chi connectivity index (χ3v) is 7.50. The molecule has 2 aromatic heterocycles. The van der Waals surface area contributed by atoms with Gasteiger partial charge in [0.2, 0.25) is 5.91 Å². The van der Waals surface area contributed by atoms with Crippen LogP contribution in [0, 0.1) is 13.8 Å². The molecule has 0 saturated carbocycles. The highest BCUT2D eigenvalue weighted by Crippen LogP contribution is 2.39. The Bertz CT molecular complexity index is 1170. The third kappa shape index (κ3) is 4.08. The second kappa shape index (κ2) is 8.88. The zero-order valence-electron chi connectivity index (χ0n) is 18.9. The van der Waals surface area contributed by atoms with Crippen LogP contribution in [0.25, 0.3) is 5.69 Å². The fourth-order valence-electron chi connectivity index (χ4n) is 4.28. The second-order valence-electron chi connectivity index (χ2n) is 8.40. The lowest BCUT2D eigenvalue weighted by atomic mass is 10.1. The van der Waals surface area contributed by atoms with E-state index in [9.17, 15) is 9.59 Å². The van der Waals surface area contributed by atoms with Crippen molar-refractivity contribution in [3.05, 3.63) is 63.3 Å². The zero-order chi connectivity index (χ0) is 23.0. The van der Waals surface area contributed by atoms with Crippen LogP contribution in [0.15, 0.2) is 30.3 Å². The first-order valence-electron chi connectivity index (χ1n) is 10.8. The summed E-state index contributed by atoms with van der Waals surface area (Å²) in [7, 11) is 1.92. The lowest BCUT2D eigenvalue weighted by Crippen LogP contribution is -2.39. The molecule has 1 aromatic carbocycles. The maximum absolute atomic E-state index is 13.0. The number of benzene rings is 1. The molecule has 0 radical (unpaired) electrons. The summed E-state index contributed by atoms with van der Waals surface area (Å²) in [5, 5.41) is 8.25. The molecule has 1 aliphatic rings. The average molecular weight is 452 g/mol. The summed E-state index contributed by atoms with van der Waals surface area (Å²) < 4.78 is 1.94. The van der Waals surface area contributed by atoms with Gasteiger partial charge < -0.3 is 11.1 Å². The maximum atomic E-state index is 13.0. The number of fused-ring (bicyclic) bond motifs is 1. The van der Waals surface area contributed by atoms with Crippen molar-refractivity contribution in [1.82, 2.24) is 14.7 Å². The number of carbonyl (C=O) groups is 2. The summed E-state index contributed by atoms with van der Waals surface area (Å²) in [5.74, 6) is -0.624. The van der Waals surface area contributed by atoms with Crippen molar-refractivity contribution >= 4 is 28.2 Å². The predicted molar refractivity (Wildman–Crippen MR) is 127 cm³/mol. The minimum absolute atomic E-state index is 0.152. The van der Waals surface area contributed by atoms with Gasteiger partial charge in [0, 0.05) is 22.7 Å². The SMILES string of the molecule is Cc1nn(-c2ccccc2)c(C)c1CN(C)[C@@H](C)C(=O)Nc1sc2c(c1C(N)=O)CCC2. The number of likely N-dealkylation sites (N-methyl/N-ethyl adjacent to an activating group) is 1. The summed E-state index contributed by atoms with van der Waals surface area (Å²) in [5.41, 5.74) is 11.2. The van der Waals surface area contributed by atoms with Crippen LogP contribution in [0.5, 0.6) is 0 Å². The first-order valence-corrected chi connectivity index (χ1v) is 11.7. The molecule has 7 nitrogen and oxygen atoms in total. The van der Waals surface area contributed by atoms with Crippen LogP contribution in [0.1, 0.15) is 51.1 Å². The van der Waals surface area contributed by atoms with Crippen LogP contribution >= 0.6 is 11.3 Å². The molecule has 168 valence electrons. The average Bonchev–Trinajstić information content (AvgIpc) is 3.42. The number of anilines is 1. The van der Waals surface area contributed by atoms with Gasteiger partial charge in [-0.2, -0.15) is 5.10 Å². The van der Waals surface area contributed by atoms with Crippen molar-refractivity contribution in [2.75, 3.05) is 12.4 Å². The van der Waals surface area contributed by atoms with Crippen LogP contribution in [0.2, 0.25) is 0 Å². The Kier molecular flexibility index (Phi) is 6.17. The molecule has 1 atom stereocenters. The van der Waals surface area contributed by atoms with Gasteiger partial charge in [0.25, 0.3) is 5.91 Å². The van der Waals surface area contributed by atoms with Crippen molar-refractivity contribution in [2.45, 2.75) is 52.6 Å². The predicted octanol–water partition coefficient (Wildman–Crippen LogP) is 3.60. The van der Waals surface area contributed by atoms with Crippen molar-refractivity contribution < 1.29 is 9.59 Å². The van der Waals surface area contributed by atoms with Gasteiger partial charge in [0.15, 0.2) is 0 Å². The quantitative estimate of drug-likeness (QED) is 0.574. The zero-order valence-corrected chi connectivity index (χ0v) is 19.8. The Morgan fingerprint density at radius 2 is 1.97 bits per heavy atom. The van der Waals surface area contributed by atoms with Crippen LogP contribution in [-0.2, 0) is 24.2 Å². The first kappa shape index (κ1) is 22.2. The monoisotopic (exact) mass is 451 g/mol. The van der Waals surface area contributed by atoms with Crippen LogP contribution in [0.3, 0.4) is 0 Å². The molecular formula is C24H29N5O2S. The summed E-state index contributed by atoms with van der Waals surface area (Å²) in [6.45, 7) is 6.50. The standard InChI is InChI=1S/C24H29N5O2S/c1-14-19(15(2)29(27-14)17-9-6-5-7-10-17)13-28(4)16(3)23(31)26-24-21(22(25)30)18-11-8-12-20(18)32-24/h5-7,9-10,16H,8,11-13H2,1-4H3,(H2,25,30)(H,26,31)/t16-/m0/s1. The number of hydrogen-bond donors (Lipinski definition) is 2. The highest BCUT2D eigenvalue weighted by molar-refractivity contribution is 7.17. The molecule has 8 heteroatoms. The highest BCUT2D eigenvalue weighted by Gasteiger charge is 2.28. The molecular weight excluding hydrogens is 422 g/mol. The summed E-state index contributed by atoms with van der Waals surface area (Å²) in [6.07, 6.45) is 2.82. The molecule has 32 heavy (non-hydrogen) atoms. The highest BCUT2D eigenvalue weighted by atomic mass is 32.1. The summed E-state index contributed by atoms with van der Waals surface area (Å²) >= 11 is 1.48. The molecule has 0 spiro atoms. The van der Waals surface area contributed by atoms with Gasteiger partial charge in [0.05, 0.1) is 23.0 Å². The Labute approximate surface area is 192 Å². The Morgan fingerprint density at radius 1 is 1.25 bits per heavy atom. The van der Waals surface area contributed by atoms with E-state index in [1.165, 1.54) is 11.3 Å². The van der Waals surface area contributed by atoms with Gasteiger partial charge in [-0.3, -0.25) is 14.5 Å². The smallest absolute Gasteiger partial charge is 0.251 e. The minimum Gasteiger partial charge on any atom is -0.365 e. The van der Waals surface area contributed by atoms with Crippen LogP contribution in [0.4, 0.5) is 5.00 Å². The van der Waals surface area contributed by atoms with E-state index in [1.54, 1.807) is 0 Å². The number of primary amides is 1. The van der Waals surface area contributed by atoms with Crippen molar-refractivity contribution in [2.24, 2.45) is 5.73 Å². The number of nitrogens with one attached hydrogen (secondary N) is 1. The second-order valence-corrected chi connectivity index (χ2v) is 9.51. The number of nitrogens with two attached hydrogens (primary N) is 1. The lowest BCUT2D eigenvalue weighted by Gasteiger charge is -2.24. The Hall–Kier alpha value is -2.97. The first-order chi connectivity index (χ1) is 15.3. The molecule has 4 rings (SSSR count). The molecule has 1 aliphatic carbocycles. The molecule has 2 amide bonds. The van der Waals surface area contributed by atoms with E-state index in [0.29, 0.717) is 17.1 Å². The van der Waals surface area contributed by atoms with Crippen LogP contribution < -0.4 is 11.1 Å². The van der Waals surface area contributed by atoms with E-state index in [4.69, 9.17) is 10.8 Å². The van der Waals surface area contributed by atoms with E-state index in [2.05, 4.69) is 5.32 Å². The number of rotatable bonds is 7. The number of para-hydroxylation sites is 1. The topological polar surface area (TPSA) is 93.2 Å². The Balaban J connectivity index is 1.49. The fourth-order valence-corrected chi connectivity index (χ4v) is 5.58. The molecule has 0 fully saturated rings. The van der Waals surface area contributed by atoms with Gasteiger partial charge in [-0.1, -0.05) is 18.2 Å². The van der Waals surface area contributed by atoms with Gasteiger partial charge in [-0.25, -0.2) is 4.68 Å². The maximum Gasteiger partial charge on any atom is 0.251 e. The minimum atomic E-state index is -0.472. The van der Waals surface area contributed by atoms with E-state index in [1.807, 2.05) is 67.7 Å². The summed E-state index contributed by atoms with van der Waals surface area (Å²) in [6, 6.07) is 9.62. The van der Waals surface area contributed by atoms with Gasteiger partial charge in [-0.15, -0.1) is 11.3 Å². The summed E-state index contributed by atoms with van der Waals surface area (Å²) in [4.78, 5) is 28.2. The van der Waals surface area contributed by atoms with E-state index < -0.39 is 11.9 Å². The molecule has 0 aliphatic heterocycles. The van der Waals surface area contributed by atoms with Crippen molar-refractivity contribution in [1.29, 1.82) is 0 Å². The number of amides is 2. The third-order valence-electron chi connectivity index (χ3n) is 6.29. The number of aryl methyl sites for hydroxylation is 2. The molecule has 3 aromatic rings.